The molecule has 1 atom stereocenters. The number of hydrogen-bond acceptors (Lipinski definition) is 4. The van der Waals surface area contributed by atoms with Crippen LogP contribution in [-0.4, -0.2) is 29.1 Å². The molecule has 1 aromatic heterocycles. The van der Waals surface area contributed by atoms with Crippen molar-refractivity contribution in [1.29, 1.82) is 5.41 Å². The van der Waals surface area contributed by atoms with Crippen molar-refractivity contribution in [3.63, 3.8) is 0 Å². The maximum atomic E-state index is 8.04. The Balaban J connectivity index is 2.85. The van der Waals surface area contributed by atoms with Crippen LogP contribution in [0.1, 0.15) is 38.6 Å². The summed E-state index contributed by atoms with van der Waals surface area (Å²) in [6.45, 7) is 8.45. The van der Waals surface area contributed by atoms with Crippen LogP contribution in [0.15, 0.2) is 37.3 Å². The van der Waals surface area contributed by atoms with Crippen LogP contribution in [0.25, 0.3) is 0 Å². The van der Waals surface area contributed by atoms with Crippen LogP contribution >= 0.6 is 0 Å². The molecule has 0 bridgehead atoms. The topological polar surface area (TPSA) is 62.9 Å². The number of rotatable bonds is 9. The number of hydrogen-bond donors (Lipinski definition) is 2. The molecule has 1 unspecified atom stereocenters. The summed E-state index contributed by atoms with van der Waals surface area (Å²) in [5, 5.41) is 11.0. The lowest BCUT2D eigenvalue weighted by atomic mass is 10.0. The van der Waals surface area contributed by atoms with E-state index in [2.05, 4.69) is 36.8 Å². The molecule has 2 N–H and O–H groups in total. The highest BCUT2D eigenvalue weighted by atomic mass is 16.5. The van der Waals surface area contributed by atoms with Crippen molar-refractivity contribution < 1.29 is 4.74 Å². The third kappa shape index (κ3) is 5.10. The number of aromatic nitrogens is 2. The second-order valence-corrected chi connectivity index (χ2v) is 5.15. The van der Waals surface area contributed by atoms with Gasteiger partial charge in [-0.25, -0.2) is 4.98 Å². The van der Waals surface area contributed by atoms with Gasteiger partial charge in [0.1, 0.15) is 0 Å². The number of nitrogens with one attached hydrogen (secondary N) is 2. The van der Waals surface area contributed by atoms with Crippen LogP contribution in [0.3, 0.4) is 0 Å². The van der Waals surface area contributed by atoms with E-state index in [1.165, 1.54) is 0 Å². The normalized spacial score (nSPS) is 12.6. The van der Waals surface area contributed by atoms with Gasteiger partial charge in [0.2, 0.25) is 5.90 Å². The summed E-state index contributed by atoms with van der Waals surface area (Å²) in [6, 6.07) is 0.246. The Kier molecular flexibility index (Phi) is 7.29. The lowest BCUT2D eigenvalue weighted by Crippen LogP contribution is -2.21. The van der Waals surface area contributed by atoms with Gasteiger partial charge in [0.15, 0.2) is 5.82 Å². The van der Waals surface area contributed by atoms with Gasteiger partial charge in [-0.15, -0.1) is 6.58 Å². The van der Waals surface area contributed by atoms with Crippen LogP contribution in [0.4, 0.5) is 0 Å². The number of imidazole rings is 1. The van der Waals surface area contributed by atoms with Gasteiger partial charge in [0.25, 0.3) is 0 Å². The SMILES string of the molecule is C=CCCOC(=N)c1nccn1C(C/C=C\NC)C(C)C. The molecule has 0 radical (unpaired) electrons. The monoisotopic (exact) mass is 290 g/mol. The van der Waals surface area contributed by atoms with Gasteiger partial charge >= 0.3 is 0 Å². The maximum Gasteiger partial charge on any atom is 0.250 e. The Hall–Kier alpha value is -2.04. The van der Waals surface area contributed by atoms with E-state index in [0.29, 0.717) is 18.3 Å². The summed E-state index contributed by atoms with van der Waals surface area (Å²) in [7, 11) is 1.88. The van der Waals surface area contributed by atoms with E-state index in [9.17, 15) is 0 Å². The zero-order valence-electron chi connectivity index (χ0n) is 13.2. The average Bonchev–Trinajstić information content (AvgIpc) is 2.92. The molecule has 21 heavy (non-hydrogen) atoms. The van der Waals surface area contributed by atoms with Gasteiger partial charge in [-0.1, -0.05) is 26.0 Å². The molecule has 5 nitrogen and oxygen atoms in total. The van der Waals surface area contributed by atoms with Gasteiger partial charge in [0.05, 0.1) is 6.61 Å². The molecule has 116 valence electrons. The second-order valence-electron chi connectivity index (χ2n) is 5.15. The van der Waals surface area contributed by atoms with Crippen molar-refractivity contribution in [3.8, 4) is 0 Å². The molecule has 0 amide bonds. The molecule has 0 spiro atoms. The highest BCUT2D eigenvalue weighted by Gasteiger charge is 2.20. The van der Waals surface area contributed by atoms with E-state index in [1.807, 2.05) is 24.0 Å². The van der Waals surface area contributed by atoms with Gasteiger partial charge in [-0.2, -0.15) is 0 Å². The molecule has 0 aliphatic carbocycles. The molecule has 0 aliphatic heterocycles. The average molecular weight is 290 g/mol. The van der Waals surface area contributed by atoms with Gasteiger partial charge in [-0.3, -0.25) is 5.41 Å². The predicted molar refractivity (Wildman–Crippen MR) is 86.5 cm³/mol. The van der Waals surface area contributed by atoms with Crippen molar-refractivity contribution in [2.24, 2.45) is 5.92 Å². The van der Waals surface area contributed by atoms with Crippen molar-refractivity contribution in [3.05, 3.63) is 43.1 Å². The molecule has 0 aromatic carbocycles. The van der Waals surface area contributed by atoms with Crippen molar-refractivity contribution in [2.45, 2.75) is 32.7 Å². The first-order valence-corrected chi connectivity index (χ1v) is 7.29. The van der Waals surface area contributed by atoms with Crippen LogP contribution < -0.4 is 5.32 Å². The minimum Gasteiger partial charge on any atom is -0.475 e. The summed E-state index contributed by atoms with van der Waals surface area (Å²) in [4.78, 5) is 4.27. The third-order valence-electron chi connectivity index (χ3n) is 3.23. The van der Waals surface area contributed by atoms with Crippen LogP contribution in [0.5, 0.6) is 0 Å². The van der Waals surface area contributed by atoms with Crippen LogP contribution in [0, 0.1) is 11.3 Å². The summed E-state index contributed by atoms with van der Waals surface area (Å²) in [6.07, 6.45) is 11.0. The predicted octanol–water partition coefficient (Wildman–Crippen LogP) is 3.12. The fourth-order valence-electron chi connectivity index (χ4n) is 2.10. The van der Waals surface area contributed by atoms with E-state index in [-0.39, 0.29) is 11.9 Å². The van der Waals surface area contributed by atoms with E-state index >= 15 is 0 Å². The van der Waals surface area contributed by atoms with E-state index in [1.54, 1.807) is 12.3 Å². The summed E-state index contributed by atoms with van der Waals surface area (Å²) in [5.74, 6) is 1.13. The fraction of sp³-hybridized carbons (Fsp3) is 0.500. The molecule has 0 saturated carbocycles. The van der Waals surface area contributed by atoms with E-state index in [0.717, 1.165) is 12.8 Å². The minimum atomic E-state index is 0.116. The molecule has 1 rings (SSSR count). The number of allylic oxidation sites excluding steroid dienone is 1. The molecular formula is C16H26N4O. The van der Waals surface area contributed by atoms with E-state index < -0.39 is 0 Å². The van der Waals surface area contributed by atoms with Gasteiger partial charge in [0, 0.05) is 25.5 Å². The first-order chi connectivity index (χ1) is 10.1. The van der Waals surface area contributed by atoms with Crippen molar-refractivity contribution in [2.75, 3.05) is 13.7 Å². The summed E-state index contributed by atoms with van der Waals surface area (Å²) in [5.41, 5.74) is 0. The van der Waals surface area contributed by atoms with Crippen molar-refractivity contribution in [1.82, 2.24) is 14.9 Å². The first-order valence-electron chi connectivity index (χ1n) is 7.29. The smallest absolute Gasteiger partial charge is 0.250 e. The lowest BCUT2D eigenvalue weighted by Gasteiger charge is -2.23. The minimum absolute atomic E-state index is 0.116. The Bertz CT molecular complexity index is 476. The highest BCUT2D eigenvalue weighted by Crippen LogP contribution is 2.24. The number of ether oxygens (including phenoxy) is 1. The summed E-state index contributed by atoms with van der Waals surface area (Å²) >= 11 is 0. The van der Waals surface area contributed by atoms with Gasteiger partial charge < -0.3 is 14.6 Å². The standard InChI is InChI=1S/C16H26N4O/c1-5-6-12-21-15(17)16-19-10-11-20(16)14(13(2)3)8-7-9-18-4/h5,7,9-11,13-14,17-18H,1,6,8,12H2,2-4H3/b9-7-,17-15?. The van der Waals surface area contributed by atoms with Crippen LogP contribution in [-0.2, 0) is 4.74 Å². The van der Waals surface area contributed by atoms with E-state index in [4.69, 9.17) is 10.1 Å². The third-order valence-corrected chi connectivity index (χ3v) is 3.23. The van der Waals surface area contributed by atoms with Crippen LogP contribution in [0.2, 0.25) is 0 Å². The van der Waals surface area contributed by atoms with Crippen molar-refractivity contribution >= 4 is 5.90 Å². The highest BCUT2D eigenvalue weighted by molar-refractivity contribution is 5.87. The Morgan fingerprint density at radius 3 is 2.95 bits per heavy atom. The molecule has 1 heterocycles. The maximum absolute atomic E-state index is 8.04. The van der Waals surface area contributed by atoms with Gasteiger partial charge in [-0.05, 0) is 25.0 Å². The largest absolute Gasteiger partial charge is 0.475 e. The first kappa shape index (κ1) is 17.0. The Morgan fingerprint density at radius 1 is 1.57 bits per heavy atom. The molecule has 0 fully saturated rings. The molecule has 5 heteroatoms. The molecule has 1 aromatic rings. The zero-order chi connectivity index (χ0) is 15.7. The Labute approximate surface area is 127 Å². The lowest BCUT2D eigenvalue weighted by molar-refractivity contribution is 0.301. The quantitative estimate of drug-likeness (QED) is 0.318. The molecule has 0 aliphatic rings. The zero-order valence-corrected chi connectivity index (χ0v) is 13.2. The Morgan fingerprint density at radius 2 is 2.33 bits per heavy atom. The fourth-order valence-corrected chi connectivity index (χ4v) is 2.10. The molecule has 0 saturated heterocycles. The number of nitrogens with zero attached hydrogens (tertiary/aromatic N) is 2. The second kappa shape index (κ2) is 9.00. The summed E-state index contributed by atoms with van der Waals surface area (Å²) < 4.78 is 7.45. The molecular weight excluding hydrogens is 264 g/mol.